The third kappa shape index (κ3) is 4.06. The minimum absolute atomic E-state index is 0.286. The summed E-state index contributed by atoms with van der Waals surface area (Å²) in [5.74, 6) is -1.30. The van der Waals surface area contributed by atoms with Crippen molar-refractivity contribution in [3.05, 3.63) is 35.4 Å². The number of nitrogens with zero attached hydrogens (tertiary/aromatic N) is 2. The van der Waals surface area contributed by atoms with Crippen LogP contribution in [0.15, 0.2) is 24.3 Å². The Hall–Kier alpha value is -1.88. The van der Waals surface area contributed by atoms with Crippen molar-refractivity contribution in [3.63, 3.8) is 0 Å². The highest BCUT2D eigenvalue weighted by molar-refractivity contribution is 5.96. The summed E-state index contributed by atoms with van der Waals surface area (Å²) in [4.78, 5) is 26.2. The zero-order chi connectivity index (χ0) is 14.6. The van der Waals surface area contributed by atoms with Gasteiger partial charge in [-0.3, -0.25) is 4.79 Å². The summed E-state index contributed by atoms with van der Waals surface area (Å²) in [6, 6.07) is 6.38. The van der Waals surface area contributed by atoms with Gasteiger partial charge in [-0.25, -0.2) is 4.79 Å². The van der Waals surface area contributed by atoms with E-state index in [1.807, 2.05) is 31.1 Å². The van der Waals surface area contributed by atoms with Gasteiger partial charge in [0.05, 0.1) is 0 Å². The number of rotatable bonds is 5. The number of amides is 1. The average Bonchev–Trinajstić information content (AvgIpc) is 2.36. The quantitative estimate of drug-likeness (QED) is 0.870. The van der Waals surface area contributed by atoms with Crippen LogP contribution >= 0.6 is 0 Å². The van der Waals surface area contributed by atoms with E-state index in [9.17, 15) is 9.59 Å². The molecule has 0 fully saturated rings. The van der Waals surface area contributed by atoms with Crippen LogP contribution < -0.4 is 0 Å². The number of hydrogen-bond donors (Lipinski definition) is 1. The number of likely N-dealkylation sites (N-methyl/N-ethyl adjacent to an activating group) is 1. The minimum Gasteiger partial charge on any atom is -0.480 e. The van der Waals surface area contributed by atoms with Crippen molar-refractivity contribution in [2.24, 2.45) is 0 Å². The van der Waals surface area contributed by atoms with Gasteiger partial charge in [0.15, 0.2) is 0 Å². The van der Waals surface area contributed by atoms with Crippen LogP contribution in [0.2, 0.25) is 0 Å². The number of benzene rings is 1. The number of carbonyl (C=O) groups is 2. The van der Waals surface area contributed by atoms with E-state index in [1.54, 1.807) is 12.1 Å². The smallest absolute Gasteiger partial charge is 0.326 e. The zero-order valence-electron chi connectivity index (χ0n) is 11.8. The summed E-state index contributed by atoms with van der Waals surface area (Å²) in [7, 11) is 5.44. The molecule has 0 aliphatic carbocycles. The summed E-state index contributed by atoms with van der Waals surface area (Å²) in [5.41, 5.74) is 1.61. The lowest BCUT2D eigenvalue weighted by Gasteiger charge is -2.21. The normalized spacial score (nSPS) is 12.3. The Morgan fingerprint density at radius 2 is 1.68 bits per heavy atom. The molecule has 0 bridgehead atoms. The fourth-order valence-corrected chi connectivity index (χ4v) is 1.66. The molecule has 1 rings (SSSR count). The Morgan fingerprint density at radius 3 is 2.11 bits per heavy atom. The molecule has 0 spiro atoms. The maximum Gasteiger partial charge on any atom is 0.326 e. The first-order valence-electron chi connectivity index (χ1n) is 6.06. The molecule has 104 valence electrons. The molecule has 0 heterocycles. The molecule has 19 heavy (non-hydrogen) atoms. The number of carboxylic acid groups (broad SMARTS) is 1. The maximum atomic E-state index is 12.1. The highest BCUT2D eigenvalue weighted by Gasteiger charge is 2.22. The predicted molar refractivity (Wildman–Crippen MR) is 73.0 cm³/mol. The first-order valence-corrected chi connectivity index (χ1v) is 6.06. The monoisotopic (exact) mass is 264 g/mol. The fraction of sp³-hybridized carbons (Fsp3) is 0.429. The minimum atomic E-state index is -1.01. The van der Waals surface area contributed by atoms with Gasteiger partial charge >= 0.3 is 5.97 Å². The predicted octanol–water partition coefficient (Wildman–Crippen LogP) is 1.29. The molecule has 0 saturated carbocycles. The van der Waals surface area contributed by atoms with Gasteiger partial charge < -0.3 is 14.9 Å². The van der Waals surface area contributed by atoms with Gasteiger partial charge in [0.25, 0.3) is 5.91 Å². The molecule has 5 heteroatoms. The van der Waals surface area contributed by atoms with Crippen molar-refractivity contribution in [1.82, 2.24) is 9.80 Å². The van der Waals surface area contributed by atoms with Crippen molar-refractivity contribution < 1.29 is 14.7 Å². The van der Waals surface area contributed by atoms with Gasteiger partial charge in [-0.15, -0.1) is 0 Å². The largest absolute Gasteiger partial charge is 0.480 e. The van der Waals surface area contributed by atoms with Crippen LogP contribution in [0.4, 0.5) is 0 Å². The third-order valence-corrected chi connectivity index (χ3v) is 2.96. The molecule has 5 nitrogen and oxygen atoms in total. The Bertz CT molecular complexity index is 454. The molecule has 1 amide bonds. The molecule has 1 aromatic carbocycles. The van der Waals surface area contributed by atoms with E-state index < -0.39 is 12.0 Å². The summed E-state index contributed by atoms with van der Waals surface area (Å²) in [6.45, 7) is 2.29. The Balaban J connectivity index is 2.80. The second-order valence-corrected chi connectivity index (χ2v) is 4.86. The van der Waals surface area contributed by atoms with Crippen LogP contribution in [0.3, 0.4) is 0 Å². The van der Waals surface area contributed by atoms with E-state index >= 15 is 0 Å². The van der Waals surface area contributed by atoms with Crippen LogP contribution in [-0.4, -0.2) is 54.0 Å². The lowest BCUT2D eigenvalue weighted by molar-refractivity contribution is -0.141. The van der Waals surface area contributed by atoms with E-state index in [0.717, 1.165) is 12.1 Å². The summed E-state index contributed by atoms with van der Waals surface area (Å²) < 4.78 is 0. The Labute approximate surface area is 113 Å². The summed E-state index contributed by atoms with van der Waals surface area (Å²) >= 11 is 0. The molecule has 1 N–H and O–H groups in total. The van der Waals surface area contributed by atoms with E-state index in [-0.39, 0.29) is 5.91 Å². The van der Waals surface area contributed by atoms with Crippen molar-refractivity contribution in [2.75, 3.05) is 21.1 Å². The Morgan fingerprint density at radius 1 is 1.16 bits per heavy atom. The van der Waals surface area contributed by atoms with Crippen LogP contribution in [0.5, 0.6) is 0 Å². The molecule has 1 unspecified atom stereocenters. The van der Waals surface area contributed by atoms with Crippen molar-refractivity contribution in [3.8, 4) is 0 Å². The van der Waals surface area contributed by atoms with Crippen LogP contribution in [0, 0.1) is 0 Å². The van der Waals surface area contributed by atoms with Gasteiger partial charge in [-0.1, -0.05) is 12.1 Å². The molecule has 0 aliphatic rings. The topological polar surface area (TPSA) is 60.9 Å². The van der Waals surface area contributed by atoms with E-state index in [0.29, 0.717) is 5.56 Å². The summed E-state index contributed by atoms with van der Waals surface area (Å²) in [6.07, 6.45) is 0. The van der Waals surface area contributed by atoms with Gasteiger partial charge in [0, 0.05) is 19.2 Å². The first kappa shape index (κ1) is 15.2. The van der Waals surface area contributed by atoms with Gasteiger partial charge in [-0.05, 0) is 38.7 Å². The van der Waals surface area contributed by atoms with Crippen molar-refractivity contribution in [2.45, 2.75) is 19.5 Å². The van der Waals surface area contributed by atoms with Gasteiger partial charge in [0.1, 0.15) is 6.04 Å². The number of carboxylic acids is 1. The van der Waals surface area contributed by atoms with Gasteiger partial charge in [0.2, 0.25) is 0 Å². The molecule has 0 aromatic heterocycles. The third-order valence-electron chi connectivity index (χ3n) is 2.96. The molecule has 1 atom stereocenters. The van der Waals surface area contributed by atoms with E-state index in [2.05, 4.69) is 0 Å². The second-order valence-electron chi connectivity index (χ2n) is 4.86. The van der Waals surface area contributed by atoms with Crippen LogP contribution in [-0.2, 0) is 11.3 Å². The highest BCUT2D eigenvalue weighted by atomic mass is 16.4. The first-order chi connectivity index (χ1) is 8.82. The molecule has 0 radical (unpaired) electrons. The molecule has 0 saturated heterocycles. The van der Waals surface area contributed by atoms with Crippen LogP contribution in [0.25, 0.3) is 0 Å². The Kier molecular flexibility index (Phi) is 5.06. The lowest BCUT2D eigenvalue weighted by atomic mass is 10.1. The maximum absolute atomic E-state index is 12.1. The molecule has 0 aliphatic heterocycles. The molecular weight excluding hydrogens is 244 g/mol. The van der Waals surface area contributed by atoms with E-state index in [4.69, 9.17) is 5.11 Å². The molecule has 1 aromatic rings. The van der Waals surface area contributed by atoms with Crippen molar-refractivity contribution >= 4 is 11.9 Å². The molecular formula is C14H20N2O3. The number of hydrogen-bond acceptors (Lipinski definition) is 3. The zero-order valence-corrected chi connectivity index (χ0v) is 11.8. The highest BCUT2D eigenvalue weighted by Crippen LogP contribution is 2.10. The van der Waals surface area contributed by atoms with E-state index in [1.165, 1.54) is 18.9 Å². The van der Waals surface area contributed by atoms with Crippen molar-refractivity contribution in [1.29, 1.82) is 0 Å². The summed E-state index contributed by atoms with van der Waals surface area (Å²) in [5, 5.41) is 8.89. The van der Waals surface area contributed by atoms with Gasteiger partial charge in [-0.2, -0.15) is 0 Å². The SMILES string of the molecule is CC(C(=O)O)N(C)C(=O)c1ccc(CN(C)C)cc1. The number of carbonyl (C=O) groups excluding carboxylic acids is 1. The fourth-order valence-electron chi connectivity index (χ4n) is 1.66. The standard InChI is InChI=1S/C14H20N2O3/c1-10(14(18)19)16(4)13(17)12-7-5-11(6-8-12)9-15(2)3/h5-8,10H,9H2,1-4H3,(H,18,19). The van der Waals surface area contributed by atoms with Crippen LogP contribution in [0.1, 0.15) is 22.8 Å². The average molecular weight is 264 g/mol. The number of aliphatic carboxylic acids is 1. The lowest BCUT2D eigenvalue weighted by Crippen LogP contribution is -2.40. The second kappa shape index (κ2) is 6.33.